The highest BCUT2D eigenvalue weighted by molar-refractivity contribution is 6.05. The second-order valence-corrected chi connectivity index (χ2v) is 6.62. The molecule has 1 aliphatic rings. The molecule has 2 aromatic rings. The molecule has 180 valence electrons. The molecule has 2 unspecified atom stereocenters. The average molecular weight is 498 g/mol. The van der Waals surface area contributed by atoms with Crippen molar-refractivity contribution < 1.29 is 53.5 Å². The minimum absolute atomic E-state index is 0.459. The molecule has 3 rings (SSSR count). The normalized spacial score (nSPS) is 18.3. The molecular weight excluding hydrogens is 490 g/mol. The number of anilines is 1. The average Bonchev–Trinajstić information content (AvgIpc) is 2.84. The van der Waals surface area contributed by atoms with Gasteiger partial charge in [0, 0.05) is 11.1 Å². The number of rotatable bonds is 4. The van der Waals surface area contributed by atoms with E-state index in [2.05, 4.69) is 0 Å². The highest BCUT2D eigenvalue weighted by Gasteiger charge is 2.40. The summed E-state index contributed by atoms with van der Waals surface area (Å²) >= 11 is 0. The Kier molecular flexibility index (Phi) is 6.70. The van der Waals surface area contributed by atoms with Crippen LogP contribution in [0.5, 0.6) is 0 Å². The molecule has 0 aromatic heterocycles. The zero-order chi connectivity index (χ0) is 25.5. The molecule has 0 saturated heterocycles. The number of nitrogens with one attached hydrogen (secondary N) is 2. The van der Waals surface area contributed by atoms with E-state index in [1.807, 2.05) is 0 Å². The lowest BCUT2D eigenvalue weighted by molar-refractivity contribution is 0.0956. The Bertz CT molecular complexity index is 1230. The van der Waals surface area contributed by atoms with E-state index in [9.17, 15) is 53.5 Å². The summed E-state index contributed by atoms with van der Waals surface area (Å²) in [5.74, 6) is -21.0. The summed E-state index contributed by atoms with van der Waals surface area (Å²) in [6.45, 7) is 0. The second kappa shape index (κ2) is 9.19. The third kappa shape index (κ3) is 4.22. The van der Waals surface area contributed by atoms with E-state index >= 15 is 0 Å². The Labute approximate surface area is 182 Å². The van der Waals surface area contributed by atoms with Gasteiger partial charge in [-0.05, 0) is 24.3 Å². The van der Waals surface area contributed by atoms with Crippen molar-refractivity contribution in [2.45, 2.75) is 12.3 Å². The van der Waals surface area contributed by atoms with Crippen LogP contribution in [0, 0.1) is 29.1 Å². The number of allylic oxidation sites excluding steroid dienone is 3. The van der Waals surface area contributed by atoms with Crippen LogP contribution >= 0.6 is 0 Å². The van der Waals surface area contributed by atoms with Crippen molar-refractivity contribution in [3.05, 3.63) is 87.7 Å². The van der Waals surface area contributed by atoms with E-state index < -0.39 is 93.2 Å². The standard InChI is InChI=1S/C20H8F10N2O2/c21-7-9(23)13(27)17(14(28)10(7)24)31-19(33)5-1-2-6(4-3-5)20(34)32-18-15(29)11(25)8(22)12(26)16(18)30/h1-4,7,9H,(H,31,33)(H,32,34). The van der Waals surface area contributed by atoms with E-state index in [4.69, 9.17) is 0 Å². The van der Waals surface area contributed by atoms with Gasteiger partial charge in [0.25, 0.3) is 11.8 Å². The van der Waals surface area contributed by atoms with Crippen LogP contribution in [0.25, 0.3) is 0 Å². The summed E-state index contributed by atoms with van der Waals surface area (Å²) in [5.41, 5.74) is -4.15. The van der Waals surface area contributed by atoms with Crippen molar-refractivity contribution >= 4 is 17.5 Å². The lowest BCUT2D eigenvalue weighted by Crippen LogP contribution is -2.32. The predicted octanol–water partition coefficient (Wildman–Crippen LogP) is 5.39. The first-order chi connectivity index (χ1) is 15.9. The summed E-state index contributed by atoms with van der Waals surface area (Å²) < 4.78 is 134. The Morgan fingerprint density at radius 1 is 0.588 bits per heavy atom. The summed E-state index contributed by atoms with van der Waals surface area (Å²) in [7, 11) is 0. The topological polar surface area (TPSA) is 58.2 Å². The second-order valence-electron chi connectivity index (χ2n) is 6.62. The largest absolute Gasteiger partial charge is 0.317 e. The van der Waals surface area contributed by atoms with Gasteiger partial charge < -0.3 is 10.6 Å². The fourth-order valence-electron chi connectivity index (χ4n) is 2.71. The van der Waals surface area contributed by atoms with Crippen molar-refractivity contribution in [2.75, 3.05) is 5.32 Å². The van der Waals surface area contributed by atoms with Gasteiger partial charge >= 0.3 is 0 Å². The first-order valence-corrected chi connectivity index (χ1v) is 8.84. The van der Waals surface area contributed by atoms with Crippen LogP contribution in [0.1, 0.15) is 20.7 Å². The van der Waals surface area contributed by atoms with Crippen LogP contribution in [-0.2, 0) is 0 Å². The third-order valence-electron chi connectivity index (χ3n) is 4.51. The quantitative estimate of drug-likeness (QED) is 0.338. The smallest absolute Gasteiger partial charge is 0.255 e. The lowest BCUT2D eigenvalue weighted by Gasteiger charge is -2.20. The number of carbonyl (C=O) groups is 2. The third-order valence-corrected chi connectivity index (χ3v) is 4.51. The van der Waals surface area contributed by atoms with Crippen molar-refractivity contribution in [3.8, 4) is 0 Å². The van der Waals surface area contributed by atoms with Gasteiger partial charge in [0.05, 0.1) is 0 Å². The molecule has 0 heterocycles. The first-order valence-electron chi connectivity index (χ1n) is 8.84. The van der Waals surface area contributed by atoms with Crippen LogP contribution < -0.4 is 10.6 Å². The fraction of sp³-hybridized carbons (Fsp3) is 0.100. The molecular formula is C20H8F10N2O2. The minimum atomic E-state index is -3.24. The molecule has 14 heteroatoms. The van der Waals surface area contributed by atoms with Crippen LogP contribution in [-0.4, -0.2) is 24.2 Å². The van der Waals surface area contributed by atoms with Crippen LogP contribution in [0.3, 0.4) is 0 Å². The van der Waals surface area contributed by atoms with Crippen molar-refractivity contribution in [2.24, 2.45) is 0 Å². The van der Waals surface area contributed by atoms with E-state index in [0.29, 0.717) is 0 Å². The molecule has 0 bridgehead atoms. The van der Waals surface area contributed by atoms with Gasteiger partial charge in [-0.1, -0.05) is 0 Å². The van der Waals surface area contributed by atoms with E-state index in [1.165, 1.54) is 10.6 Å². The predicted molar refractivity (Wildman–Crippen MR) is 95.3 cm³/mol. The van der Waals surface area contributed by atoms with Gasteiger partial charge in [0.15, 0.2) is 53.1 Å². The zero-order valence-electron chi connectivity index (χ0n) is 16.1. The van der Waals surface area contributed by atoms with E-state index in [-0.39, 0.29) is 0 Å². The SMILES string of the molecule is O=C(NC1=C(F)C(F)C(F)C(F)=C1F)c1ccc(C(=O)Nc2c(F)c(F)c(F)c(F)c2F)cc1. The van der Waals surface area contributed by atoms with Gasteiger partial charge in [-0.3, -0.25) is 9.59 Å². The van der Waals surface area contributed by atoms with Crippen LogP contribution in [0.2, 0.25) is 0 Å². The maximum atomic E-state index is 13.7. The monoisotopic (exact) mass is 498 g/mol. The van der Waals surface area contributed by atoms with Gasteiger partial charge in [-0.25, -0.2) is 43.9 Å². The Balaban J connectivity index is 1.80. The number of amides is 2. The fourth-order valence-corrected chi connectivity index (χ4v) is 2.71. The van der Waals surface area contributed by atoms with E-state index in [1.54, 1.807) is 0 Å². The summed E-state index contributed by atoms with van der Waals surface area (Å²) in [6, 6.07) is 3.24. The maximum absolute atomic E-state index is 13.7. The van der Waals surface area contributed by atoms with Crippen molar-refractivity contribution in [3.63, 3.8) is 0 Å². The first kappa shape index (κ1) is 24.8. The highest BCUT2D eigenvalue weighted by Crippen LogP contribution is 2.35. The Morgan fingerprint density at radius 2 is 0.971 bits per heavy atom. The van der Waals surface area contributed by atoms with Gasteiger partial charge in [0.1, 0.15) is 11.4 Å². The van der Waals surface area contributed by atoms with Gasteiger partial charge in [0.2, 0.25) is 5.82 Å². The molecule has 0 fully saturated rings. The number of carbonyl (C=O) groups excluding carboxylic acids is 2. The molecule has 2 amide bonds. The molecule has 2 atom stereocenters. The van der Waals surface area contributed by atoms with Crippen LogP contribution in [0.4, 0.5) is 49.6 Å². The molecule has 2 aromatic carbocycles. The summed E-state index contributed by atoms with van der Waals surface area (Å²) in [4.78, 5) is 24.2. The highest BCUT2D eigenvalue weighted by atomic mass is 19.2. The Morgan fingerprint density at radius 3 is 1.44 bits per heavy atom. The number of hydrogen-bond acceptors (Lipinski definition) is 2. The lowest BCUT2D eigenvalue weighted by atomic mass is 10.0. The molecule has 4 nitrogen and oxygen atoms in total. The molecule has 34 heavy (non-hydrogen) atoms. The zero-order valence-corrected chi connectivity index (χ0v) is 16.1. The maximum Gasteiger partial charge on any atom is 0.255 e. The number of alkyl halides is 2. The summed E-state index contributed by atoms with van der Waals surface area (Å²) in [5, 5.41) is 2.98. The summed E-state index contributed by atoms with van der Waals surface area (Å²) in [6.07, 6.45) is -6.45. The Hall–Kier alpha value is -3.84. The number of hydrogen-bond donors (Lipinski definition) is 2. The minimum Gasteiger partial charge on any atom is -0.317 e. The van der Waals surface area contributed by atoms with Gasteiger partial charge in [-0.15, -0.1) is 0 Å². The van der Waals surface area contributed by atoms with Crippen LogP contribution in [0.15, 0.2) is 47.4 Å². The van der Waals surface area contributed by atoms with Gasteiger partial charge in [-0.2, -0.15) is 0 Å². The molecule has 0 saturated carbocycles. The molecule has 0 radical (unpaired) electrons. The molecule has 1 aliphatic carbocycles. The molecule has 0 aliphatic heterocycles. The van der Waals surface area contributed by atoms with Crippen molar-refractivity contribution in [1.29, 1.82) is 0 Å². The van der Waals surface area contributed by atoms with Crippen molar-refractivity contribution in [1.82, 2.24) is 5.32 Å². The molecule has 0 spiro atoms. The molecule has 2 N–H and O–H groups in total. The number of halogens is 10. The van der Waals surface area contributed by atoms with E-state index in [0.717, 1.165) is 24.3 Å². The number of benzene rings is 2.